The average molecular weight is 235 g/mol. The molecule has 1 heterocycles. The minimum atomic E-state index is -0.864. The van der Waals surface area contributed by atoms with Crippen LogP contribution in [0.25, 0.3) is 0 Å². The van der Waals surface area contributed by atoms with E-state index in [1.807, 2.05) is 0 Å². The first-order valence-corrected chi connectivity index (χ1v) is 5.17. The Morgan fingerprint density at radius 1 is 1.41 bits per heavy atom. The van der Waals surface area contributed by atoms with Gasteiger partial charge in [-0.05, 0) is 26.0 Å². The second kappa shape index (κ2) is 3.76. The molecule has 1 N–H and O–H groups in total. The molecule has 0 aliphatic carbocycles. The van der Waals surface area contributed by atoms with Gasteiger partial charge in [0.2, 0.25) is 0 Å². The van der Waals surface area contributed by atoms with Crippen LogP contribution in [-0.2, 0) is 9.53 Å². The molecule has 0 fully saturated rings. The zero-order valence-electron chi connectivity index (χ0n) is 9.87. The third kappa shape index (κ3) is 1.84. The molecule has 0 atom stereocenters. The molecule has 0 saturated heterocycles. The first kappa shape index (κ1) is 11.4. The summed E-state index contributed by atoms with van der Waals surface area (Å²) >= 11 is 0. The Balaban J connectivity index is 2.52. The van der Waals surface area contributed by atoms with Crippen LogP contribution in [0.2, 0.25) is 0 Å². The summed E-state index contributed by atoms with van der Waals surface area (Å²) in [5.41, 5.74) is -0.0218. The van der Waals surface area contributed by atoms with Gasteiger partial charge in [0.15, 0.2) is 5.75 Å². The van der Waals surface area contributed by atoms with Gasteiger partial charge in [0.1, 0.15) is 5.54 Å². The molecule has 1 aromatic rings. The lowest BCUT2D eigenvalue weighted by atomic mass is 10.0. The molecule has 0 radical (unpaired) electrons. The van der Waals surface area contributed by atoms with Gasteiger partial charge in [0.05, 0.1) is 18.4 Å². The number of methoxy groups -OCH3 is 1. The lowest BCUT2D eigenvalue weighted by Gasteiger charge is -2.32. The Kier molecular flexibility index (Phi) is 2.53. The second-order valence-corrected chi connectivity index (χ2v) is 4.31. The molecule has 1 aromatic carbocycles. The van der Waals surface area contributed by atoms with Gasteiger partial charge < -0.3 is 14.8 Å². The third-order valence-corrected chi connectivity index (χ3v) is 2.58. The Morgan fingerprint density at radius 3 is 2.76 bits per heavy atom. The van der Waals surface area contributed by atoms with Crippen LogP contribution in [0.3, 0.4) is 0 Å². The fraction of sp³-hybridized carbons (Fsp3) is 0.333. The Labute approximate surface area is 98.7 Å². The minimum Gasteiger partial charge on any atom is -0.465 e. The molecule has 0 aromatic heterocycles. The van der Waals surface area contributed by atoms with Crippen molar-refractivity contribution >= 4 is 17.6 Å². The van der Waals surface area contributed by atoms with E-state index in [2.05, 4.69) is 10.1 Å². The standard InChI is InChI=1S/C12H13NO4/c1-12(2)11(15)17-8-6-4-5-7(9(8)13-12)10(14)16-3/h4-6,13H,1-3H3. The highest BCUT2D eigenvalue weighted by molar-refractivity contribution is 6.01. The van der Waals surface area contributed by atoms with E-state index in [4.69, 9.17) is 4.74 Å². The van der Waals surface area contributed by atoms with Crippen LogP contribution < -0.4 is 10.1 Å². The molecule has 17 heavy (non-hydrogen) atoms. The number of rotatable bonds is 1. The van der Waals surface area contributed by atoms with Crippen molar-refractivity contribution in [3.05, 3.63) is 23.8 Å². The normalized spacial score (nSPS) is 16.5. The number of carbonyl (C=O) groups excluding carboxylic acids is 2. The van der Waals surface area contributed by atoms with Crippen molar-refractivity contribution in [2.75, 3.05) is 12.4 Å². The van der Waals surface area contributed by atoms with E-state index >= 15 is 0 Å². The zero-order valence-corrected chi connectivity index (χ0v) is 9.87. The van der Waals surface area contributed by atoms with Crippen LogP contribution in [-0.4, -0.2) is 24.6 Å². The maximum absolute atomic E-state index is 11.6. The predicted molar refractivity (Wildman–Crippen MR) is 61.1 cm³/mol. The first-order chi connectivity index (χ1) is 7.95. The monoisotopic (exact) mass is 235 g/mol. The number of ether oxygens (including phenoxy) is 2. The number of hydrogen-bond donors (Lipinski definition) is 1. The summed E-state index contributed by atoms with van der Waals surface area (Å²) in [6.07, 6.45) is 0. The van der Waals surface area contributed by atoms with E-state index in [-0.39, 0.29) is 5.97 Å². The molecular formula is C12H13NO4. The number of fused-ring (bicyclic) bond motifs is 1. The fourth-order valence-electron chi connectivity index (χ4n) is 1.62. The van der Waals surface area contributed by atoms with Crippen molar-refractivity contribution in [3.8, 4) is 5.75 Å². The molecule has 1 aliphatic heterocycles. The summed E-state index contributed by atoms with van der Waals surface area (Å²) in [4.78, 5) is 23.2. The van der Waals surface area contributed by atoms with Crippen molar-refractivity contribution < 1.29 is 19.1 Å². The molecule has 1 aliphatic rings. The van der Waals surface area contributed by atoms with Gasteiger partial charge in [-0.25, -0.2) is 9.59 Å². The van der Waals surface area contributed by atoms with Gasteiger partial charge in [-0.1, -0.05) is 6.07 Å². The number of benzene rings is 1. The van der Waals surface area contributed by atoms with E-state index in [9.17, 15) is 9.59 Å². The predicted octanol–water partition coefficient (Wildman–Crippen LogP) is 1.58. The largest absolute Gasteiger partial charge is 0.465 e. The maximum Gasteiger partial charge on any atom is 0.340 e. The Bertz CT molecular complexity index is 493. The molecule has 5 heteroatoms. The first-order valence-electron chi connectivity index (χ1n) is 5.17. The van der Waals surface area contributed by atoms with Crippen LogP contribution >= 0.6 is 0 Å². The van der Waals surface area contributed by atoms with E-state index in [0.29, 0.717) is 17.0 Å². The van der Waals surface area contributed by atoms with E-state index in [1.54, 1.807) is 32.0 Å². The summed E-state index contributed by atoms with van der Waals surface area (Å²) < 4.78 is 9.85. The molecule has 0 bridgehead atoms. The summed E-state index contributed by atoms with van der Waals surface area (Å²) in [5.74, 6) is -0.507. The van der Waals surface area contributed by atoms with E-state index in [0.717, 1.165) is 0 Å². The Hall–Kier alpha value is -2.04. The molecule has 2 rings (SSSR count). The number of anilines is 1. The molecule has 0 amide bonds. The lowest BCUT2D eigenvalue weighted by molar-refractivity contribution is -0.139. The summed E-state index contributed by atoms with van der Waals surface area (Å²) in [6.45, 7) is 3.37. The van der Waals surface area contributed by atoms with Crippen LogP contribution in [0, 0.1) is 0 Å². The van der Waals surface area contributed by atoms with Crippen LogP contribution in [0.5, 0.6) is 5.75 Å². The number of esters is 2. The van der Waals surface area contributed by atoms with Crippen LogP contribution in [0.15, 0.2) is 18.2 Å². The Morgan fingerprint density at radius 2 is 2.12 bits per heavy atom. The van der Waals surface area contributed by atoms with Gasteiger partial charge in [0.25, 0.3) is 0 Å². The minimum absolute atomic E-state index is 0.345. The highest BCUT2D eigenvalue weighted by Crippen LogP contribution is 2.36. The highest BCUT2D eigenvalue weighted by atomic mass is 16.5. The van der Waals surface area contributed by atoms with Crippen molar-refractivity contribution in [2.24, 2.45) is 0 Å². The van der Waals surface area contributed by atoms with Gasteiger partial charge in [-0.3, -0.25) is 0 Å². The molecular weight excluding hydrogens is 222 g/mol. The molecule has 0 spiro atoms. The number of nitrogens with one attached hydrogen (secondary N) is 1. The topological polar surface area (TPSA) is 64.6 Å². The fourth-order valence-corrected chi connectivity index (χ4v) is 1.62. The molecule has 90 valence electrons. The quantitative estimate of drug-likeness (QED) is 0.591. The lowest BCUT2D eigenvalue weighted by Crippen LogP contribution is -2.46. The number of hydrogen-bond acceptors (Lipinski definition) is 5. The maximum atomic E-state index is 11.6. The third-order valence-electron chi connectivity index (χ3n) is 2.58. The highest BCUT2D eigenvalue weighted by Gasteiger charge is 2.37. The van der Waals surface area contributed by atoms with Gasteiger partial charge >= 0.3 is 11.9 Å². The van der Waals surface area contributed by atoms with Gasteiger partial charge in [0, 0.05) is 0 Å². The summed E-state index contributed by atoms with van der Waals surface area (Å²) in [7, 11) is 1.31. The van der Waals surface area contributed by atoms with Crippen molar-refractivity contribution in [3.63, 3.8) is 0 Å². The molecule has 0 unspecified atom stereocenters. The van der Waals surface area contributed by atoms with E-state index in [1.165, 1.54) is 7.11 Å². The van der Waals surface area contributed by atoms with Gasteiger partial charge in [-0.15, -0.1) is 0 Å². The van der Waals surface area contributed by atoms with E-state index < -0.39 is 11.5 Å². The van der Waals surface area contributed by atoms with Crippen molar-refractivity contribution in [2.45, 2.75) is 19.4 Å². The van der Waals surface area contributed by atoms with Crippen LogP contribution in [0.4, 0.5) is 5.69 Å². The smallest absolute Gasteiger partial charge is 0.340 e. The zero-order chi connectivity index (χ0) is 12.6. The average Bonchev–Trinajstić information content (AvgIpc) is 2.28. The van der Waals surface area contributed by atoms with Gasteiger partial charge in [-0.2, -0.15) is 0 Å². The summed E-state index contributed by atoms with van der Waals surface area (Å²) in [6, 6.07) is 4.88. The molecule has 0 saturated carbocycles. The SMILES string of the molecule is COC(=O)c1cccc2c1NC(C)(C)C(=O)O2. The van der Waals surface area contributed by atoms with Crippen molar-refractivity contribution in [1.82, 2.24) is 0 Å². The van der Waals surface area contributed by atoms with Crippen LogP contribution in [0.1, 0.15) is 24.2 Å². The summed E-state index contributed by atoms with van der Waals surface area (Å²) in [5, 5.41) is 2.99. The second-order valence-electron chi connectivity index (χ2n) is 4.31. The van der Waals surface area contributed by atoms with Crippen molar-refractivity contribution in [1.29, 1.82) is 0 Å². The molecule has 5 nitrogen and oxygen atoms in total. The number of para-hydroxylation sites is 1. The number of carbonyl (C=O) groups is 2.